The maximum absolute atomic E-state index is 12.5. The summed E-state index contributed by atoms with van der Waals surface area (Å²) in [5.41, 5.74) is 6.74. The molecule has 1 heterocycles. The topological polar surface area (TPSA) is 75.8 Å². The normalized spacial score (nSPS) is 21.8. The summed E-state index contributed by atoms with van der Waals surface area (Å²) >= 11 is 0. The lowest BCUT2D eigenvalue weighted by molar-refractivity contribution is -0.139. The van der Waals surface area contributed by atoms with Gasteiger partial charge in [0.2, 0.25) is 0 Å². The van der Waals surface area contributed by atoms with Crippen LogP contribution < -0.4 is 5.73 Å². The van der Waals surface area contributed by atoms with Gasteiger partial charge in [-0.3, -0.25) is 4.79 Å². The first kappa shape index (κ1) is 15.0. The van der Waals surface area contributed by atoms with Gasteiger partial charge < -0.3 is 20.5 Å². The third-order valence-electron chi connectivity index (χ3n) is 3.41. The third kappa shape index (κ3) is 3.36. The fourth-order valence-electron chi connectivity index (χ4n) is 2.51. The Morgan fingerprint density at radius 2 is 2.10 bits per heavy atom. The summed E-state index contributed by atoms with van der Waals surface area (Å²) in [6.07, 6.45) is -0.328. The van der Waals surface area contributed by atoms with E-state index in [1.165, 1.54) is 0 Å². The zero-order chi connectivity index (χ0) is 14.8. The smallest absolute Gasteiger partial charge is 0.254 e. The van der Waals surface area contributed by atoms with Gasteiger partial charge in [0.05, 0.1) is 18.3 Å². The minimum absolute atomic E-state index is 0.0385. The number of morpholine rings is 1. The lowest BCUT2D eigenvalue weighted by Crippen LogP contribution is -2.55. The largest absolute Gasteiger partial charge is 0.394 e. The van der Waals surface area contributed by atoms with Crippen molar-refractivity contribution >= 4 is 5.91 Å². The van der Waals surface area contributed by atoms with E-state index in [9.17, 15) is 9.90 Å². The standard InChI is InChI=1S/C15H22N2O3/c1-15(2)10-17(8-13(9-18)20-15)14(19)12-5-3-11(7-16)4-6-12/h3-6,13,18H,7-10,16H2,1-2H3. The molecule has 1 aromatic carbocycles. The van der Waals surface area contributed by atoms with E-state index in [-0.39, 0.29) is 18.6 Å². The maximum Gasteiger partial charge on any atom is 0.254 e. The fraction of sp³-hybridized carbons (Fsp3) is 0.533. The first-order chi connectivity index (χ1) is 9.45. The average Bonchev–Trinajstić information content (AvgIpc) is 2.44. The highest BCUT2D eigenvalue weighted by Crippen LogP contribution is 2.22. The molecule has 1 fully saturated rings. The summed E-state index contributed by atoms with van der Waals surface area (Å²) in [6.45, 7) is 5.16. The number of aliphatic hydroxyl groups is 1. The molecule has 1 aliphatic rings. The van der Waals surface area contributed by atoms with Crippen LogP contribution in [-0.2, 0) is 11.3 Å². The van der Waals surface area contributed by atoms with Gasteiger partial charge in [-0.05, 0) is 31.5 Å². The van der Waals surface area contributed by atoms with Gasteiger partial charge >= 0.3 is 0 Å². The Bertz CT molecular complexity index is 471. The molecule has 0 radical (unpaired) electrons. The monoisotopic (exact) mass is 278 g/mol. The molecule has 110 valence electrons. The van der Waals surface area contributed by atoms with Crippen molar-refractivity contribution in [2.75, 3.05) is 19.7 Å². The molecular formula is C15H22N2O3. The molecule has 0 spiro atoms. The summed E-state index contributed by atoms with van der Waals surface area (Å²) in [5.74, 6) is -0.0385. The lowest BCUT2D eigenvalue weighted by atomic mass is 10.0. The van der Waals surface area contributed by atoms with Crippen molar-refractivity contribution < 1.29 is 14.6 Å². The maximum atomic E-state index is 12.5. The Labute approximate surface area is 119 Å². The van der Waals surface area contributed by atoms with Crippen molar-refractivity contribution in [2.24, 2.45) is 5.73 Å². The van der Waals surface area contributed by atoms with Crippen molar-refractivity contribution in [3.63, 3.8) is 0 Å². The summed E-state index contributed by atoms with van der Waals surface area (Å²) in [4.78, 5) is 14.2. The molecule has 2 rings (SSSR count). The molecule has 1 aromatic rings. The first-order valence-corrected chi connectivity index (χ1v) is 6.82. The second-order valence-corrected chi connectivity index (χ2v) is 5.77. The number of hydrogen-bond acceptors (Lipinski definition) is 4. The zero-order valence-electron chi connectivity index (χ0n) is 12.0. The van der Waals surface area contributed by atoms with Crippen LogP contribution in [-0.4, -0.2) is 47.3 Å². The van der Waals surface area contributed by atoms with E-state index in [0.29, 0.717) is 25.2 Å². The van der Waals surface area contributed by atoms with Crippen molar-refractivity contribution in [1.29, 1.82) is 0 Å². The Morgan fingerprint density at radius 1 is 1.45 bits per heavy atom. The number of hydrogen-bond donors (Lipinski definition) is 2. The van der Waals surface area contributed by atoms with Crippen LogP contribution in [0.5, 0.6) is 0 Å². The van der Waals surface area contributed by atoms with Gasteiger partial charge in [0, 0.05) is 25.2 Å². The molecule has 0 saturated carbocycles. The van der Waals surface area contributed by atoms with Crippen LogP contribution in [0.3, 0.4) is 0 Å². The number of ether oxygens (including phenoxy) is 1. The molecular weight excluding hydrogens is 256 g/mol. The molecule has 1 aliphatic heterocycles. The van der Waals surface area contributed by atoms with E-state index in [0.717, 1.165) is 5.56 Å². The van der Waals surface area contributed by atoms with Crippen molar-refractivity contribution in [1.82, 2.24) is 4.90 Å². The molecule has 1 unspecified atom stereocenters. The van der Waals surface area contributed by atoms with E-state index in [4.69, 9.17) is 10.5 Å². The van der Waals surface area contributed by atoms with E-state index >= 15 is 0 Å². The van der Waals surface area contributed by atoms with Gasteiger partial charge in [0.15, 0.2) is 0 Å². The number of carbonyl (C=O) groups excluding carboxylic acids is 1. The molecule has 0 aliphatic carbocycles. The molecule has 1 amide bonds. The first-order valence-electron chi connectivity index (χ1n) is 6.82. The number of aliphatic hydroxyl groups excluding tert-OH is 1. The summed E-state index contributed by atoms with van der Waals surface area (Å²) in [6, 6.07) is 7.31. The summed E-state index contributed by atoms with van der Waals surface area (Å²) in [5, 5.41) is 9.28. The fourth-order valence-corrected chi connectivity index (χ4v) is 2.51. The van der Waals surface area contributed by atoms with Gasteiger partial charge in [-0.1, -0.05) is 12.1 Å². The van der Waals surface area contributed by atoms with Gasteiger partial charge in [0.25, 0.3) is 5.91 Å². The van der Waals surface area contributed by atoms with E-state index in [1.807, 2.05) is 26.0 Å². The molecule has 5 heteroatoms. The number of benzene rings is 1. The van der Waals surface area contributed by atoms with Crippen molar-refractivity contribution in [3.8, 4) is 0 Å². The number of rotatable bonds is 3. The predicted molar refractivity (Wildman–Crippen MR) is 76.3 cm³/mol. The zero-order valence-corrected chi connectivity index (χ0v) is 12.0. The SMILES string of the molecule is CC1(C)CN(C(=O)c2ccc(CN)cc2)CC(CO)O1. The van der Waals surface area contributed by atoms with Crippen LogP contribution in [0.25, 0.3) is 0 Å². The van der Waals surface area contributed by atoms with Gasteiger partial charge in [-0.2, -0.15) is 0 Å². The summed E-state index contributed by atoms with van der Waals surface area (Å²) in [7, 11) is 0. The van der Waals surface area contributed by atoms with Crippen LogP contribution in [0.1, 0.15) is 29.8 Å². The minimum atomic E-state index is -0.446. The Balaban J connectivity index is 2.14. The predicted octanol–water partition coefficient (Wildman–Crippen LogP) is 0.757. The van der Waals surface area contributed by atoms with Crippen LogP contribution in [0.15, 0.2) is 24.3 Å². The van der Waals surface area contributed by atoms with Gasteiger partial charge in [0.1, 0.15) is 0 Å². The minimum Gasteiger partial charge on any atom is -0.394 e. The highest BCUT2D eigenvalue weighted by Gasteiger charge is 2.35. The van der Waals surface area contributed by atoms with Crippen LogP contribution in [0.4, 0.5) is 0 Å². The Kier molecular flexibility index (Phi) is 4.42. The van der Waals surface area contributed by atoms with Gasteiger partial charge in [-0.15, -0.1) is 0 Å². The number of amides is 1. The second-order valence-electron chi connectivity index (χ2n) is 5.77. The van der Waals surface area contributed by atoms with E-state index in [1.54, 1.807) is 17.0 Å². The van der Waals surface area contributed by atoms with Crippen LogP contribution in [0, 0.1) is 0 Å². The quantitative estimate of drug-likeness (QED) is 0.856. The number of nitrogens with two attached hydrogens (primary N) is 1. The highest BCUT2D eigenvalue weighted by atomic mass is 16.5. The number of nitrogens with zero attached hydrogens (tertiary/aromatic N) is 1. The second kappa shape index (κ2) is 5.91. The molecule has 1 saturated heterocycles. The lowest BCUT2D eigenvalue weighted by Gasteiger charge is -2.42. The van der Waals surface area contributed by atoms with E-state index < -0.39 is 5.60 Å². The number of carbonyl (C=O) groups is 1. The molecule has 1 atom stereocenters. The molecule has 0 aromatic heterocycles. The van der Waals surface area contributed by atoms with Crippen molar-refractivity contribution in [2.45, 2.75) is 32.1 Å². The molecule has 3 N–H and O–H groups in total. The highest BCUT2D eigenvalue weighted by molar-refractivity contribution is 5.94. The average molecular weight is 278 g/mol. The Morgan fingerprint density at radius 3 is 2.65 bits per heavy atom. The van der Waals surface area contributed by atoms with Crippen molar-refractivity contribution in [3.05, 3.63) is 35.4 Å². The van der Waals surface area contributed by atoms with Crippen LogP contribution >= 0.6 is 0 Å². The molecule has 20 heavy (non-hydrogen) atoms. The molecule has 5 nitrogen and oxygen atoms in total. The van der Waals surface area contributed by atoms with Gasteiger partial charge in [-0.25, -0.2) is 0 Å². The summed E-state index contributed by atoms with van der Waals surface area (Å²) < 4.78 is 5.72. The van der Waals surface area contributed by atoms with E-state index in [2.05, 4.69) is 0 Å². The molecule has 0 bridgehead atoms. The third-order valence-corrected chi connectivity index (χ3v) is 3.41. The Hall–Kier alpha value is -1.43. The van der Waals surface area contributed by atoms with Crippen LogP contribution in [0.2, 0.25) is 0 Å².